The number of piperazine rings is 1. The van der Waals surface area contributed by atoms with Gasteiger partial charge in [0.2, 0.25) is 15.9 Å². The third-order valence-corrected chi connectivity index (χ3v) is 8.75. The zero-order valence-corrected chi connectivity index (χ0v) is 18.6. The van der Waals surface area contributed by atoms with Crippen LogP contribution >= 0.6 is 11.8 Å². The third-order valence-electron chi connectivity index (χ3n) is 5.91. The van der Waals surface area contributed by atoms with Crippen LogP contribution in [-0.4, -0.2) is 70.2 Å². The van der Waals surface area contributed by atoms with Crippen LogP contribution in [-0.2, 0) is 14.8 Å². The Kier molecular flexibility index (Phi) is 5.51. The Labute approximate surface area is 184 Å². The molecule has 3 aliphatic rings. The average Bonchev–Trinajstić information content (AvgIpc) is 3.71. The van der Waals surface area contributed by atoms with Crippen LogP contribution in [0, 0.1) is 5.82 Å². The lowest BCUT2D eigenvalue weighted by atomic mass is 10.3. The van der Waals surface area contributed by atoms with Crippen LogP contribution in [0.3, 0.4) is 0 Å². The standard InChI is InChI=1S/C20H24FN5O3S2/c21-15-3-7-17(8-4-15)31(28,29)25-11-9-24(10-12-25)18(27)13-30-20-23-22-19(14-1-2-14)26(20)16-5-6-16/h3-4,7-8,14,16H,1-2,5-6,9-13H2. The maximum absolute atomic E-state index is 13.1. The predicted octanol–water partition coefficient (Wildman–Crippen LogP) is 2.25. The summed E-state index contributed by atoms with van der Waals surface area (Å²) in [6, 6.07) is 5.29. The molecule has 1 aliphatic heterocycles. The second-order valence-electron chi connectivity index (χ2n) is 8.24. The van der Waals surface area contributed by atoms with Gasteiger partial charge in [0, 0.05) is 38.1 Å². The van der Waals surface area contributed by atoms with Crippen molar-refractivity contribution in [2.24, 2.45) is 0 Å². The van der Waals surface area contributed by atoms with E-state index in [1.807, 2.05) is 0 Å². The first kappa shape index (κ1) is 20.9. The molecule has 0 unspecified atom stereocenters. The quantitative estimate of drug-likeness (QED) is 0.583. The Morgan fingerprint density at radius 1 is 1.03 bits per heavy atom. The lowest BCUT2D eigenvalue weighted by Gasteiger charge is -2.34. The van der Waals surface area contributed by atoms with Crippen molar-refractivity contribution in [1.82, 2.24) is 24.0 Å². The molecule has 1 amide bonds. The van der Waals surface area contributed by atoms with Gasteiger partial charge in [-0.25, -0.2) is 12.8 Å². The van der Waals surface area contributed by atoms with Crippen LogP contribution < -0.4 is 0 Å². The number of carbonyl (C=O) groups excluding carboxylic acids is 1. The molecule has 2 saturated carbocycles. The average molecular weight is 466 g/mol. The fourth-order valence-electron chi connectivity index (χ4n) is 3.83. The third kappa shape index (κ3) is 4.35. The van der Waals surface area contributed by atoms with Crippen molar-refractivity contribution in [3.05, 3.63) is 35.9 Å². The highest BCUT2D eigenvalue weighted by atomic mass is 32.2. The zero-order chi connectivity index (χ0) is 21.6. The van der Waals surface area contributed by atoms with Crippen LogP contribution in [0.1, 0.15) is 43.5 Å². The van der Waals surface area contributed by atoms with E-state index in [-0.39, 0.29) is 29.6 Å². The maximum atomic E-state index is 13.1. The summed E-state index contributed by atoms with van der Waals surface area (Å²) in [5.74, 6) is 1.35. The van der Waals surface area contributed by atoms with E-state index >= 15 is 0 Å². The first-order valence-corrected chi connectivity index (χ1v) is 13.0. The van der Waals surface area contributed by atoms with E-state index in [4.69, 9.17) is 0 Å². The van der Waals surface area contributed by atoms with E-state index in [1.54, 1.807) is 4.90 Å². The largest absolute Gasteiger partial charge is 0.339 e. The molecule has 0 spiro atoms. The Bertz CT molecular complexity index is 1070. The summed E-state index contributed by atoms with van der Waals surface area (Å²) in [5, 5.41) is 9.52. The number of halogens is 1. The summed E-state index contributed by atoms with van der Waals surface area (Å²) in [6.07, 6.45) is 4.62. The molecular weight excluding hydrogens is 441 g/mol. The molecule has 0 N–H and O–H groups in total. The molecule has 8 nitrogen and oxygen atoms in total. The van der Waals surface area contributed by atoms with Gasteiger partial charge >= 0.3 is 0 Å². The van der Waals surface area contributed by atoms with Crippen molar-refractivity contribution in [2.45, 2.75) is 47.7 Å². The van der Waals surface area contributed by atoms with Crippen LogP contribution in [0.5, 0.6) is 0 Å². The molecule has 0 atom stereocenters. The molecular formula is C20H24FN5O3S2. The van der Waals surface area contributed by atoms with E-state index in [1.165, 1.54) is 41.0 Å². The molecule has 166 valence electrons. The van der Waals surface area contributed by atoms with Crippen molar-refractivity contribution >= 4 is 27.7 Å². The van der Waals surface area contributed by atoms with Crippen molar-refractivity contribution in [3.8, 4) is 0 Å². The number of benzene rings is 1. The molecule has 1 saturated heterocycles. The Balaban J connectivity index is 1.17. The minimum absolute atomic E-state index is 0.0258. The minimum Gasteiger partial charge on any atom is -0.339 e. The first-order valence-electron chi connectivity index (χ1n) is 10.5. The van der Waals surface area contributed by atoms with E-state index in [9.17, 15) is 17.6 Å². The summed E-state index contributed by atoms with van der Waals surface area (Å²) in [7, 11) is -3.69. The fraction of sp³-hybridized carbons (Fsp3) is 0.550. The van der Waals surface area contributed by atoms with Crippen molar-refractivity contribution in [3.63, 3.8) is 0 Å². The lowest BCUT2D eigenvalue weighted by molar-refractivity contribution is -0.129. The highest BCUT2D eigenvalue weighted by Crippen LogP contribution is 2.46. The summed E-state index contributed by atoms with van der Waals surface area (Å²) < 4.78 is 42.1. The Morgan fingerprint density at radius 2 is 1.71 bits per heavy atom. The summed E-state index contributed by atoms with van der Waals surface area (Å²) in [4.78, 5) is 14.5. The van der Waals surface area contributed by atoms with Crippen LogP contribution in [0.2, 0.25) is 0 Å². The Morgan fingerprint density at radius 3 is 2.32 bits per heavy atom. The minimum atomic E-state index is -3.69. The smallest absolute Gasteiger partial charge is 0.243 e. The highest BCUT2D eigenvalue weighted by molar-refractivity contribution is 7.99. The summed E-state index contributed by atoms with van der Waals surface area (Å²) >= 11 is 1.42. The highest BCUT2D eigenvalue weighted by Gasteiger charge is 2.37. The number of sulfonamides is 1. The number of thioether (sulfide) groups is 1. The molecule has 2 aliphatic carbocycles. The van der Waals surface area contributed by atoms with E-state index in [0.29, 0.717) is 25.0 Å². The molecule has 31 heavy (non-hydrogen) atoms. The van der Waals surface area contributed by atoms with Gasteiger partial charge in [-0.15, -0.1) is 10.2 Å². The molecule has 1 aromatic carbocycles. The fourth-order valence-corrected chi connectivity index (χ4v) is 6.17. The topological polar surface area (TPSA) is 88.4 Å². The number of hydrogen-bond donors (Lipinski definition) is 0. The second-order valence-corrected chi connectivity index (χ2v) is 11.1. The number of aromatic nitrogens is 3. The molecule has 0 radical (unpaired) electrons. The SMILES string of the molecule is O=C(CSc1nnc(C2CC2)n1C1CC1)N1CCN(S(=O)(=O)c2ccc(F)cc2)CC1. The Hall–Kier alpha value is -1.98. The first-order chi connectivity index (χ1) is 14.9. The monoisotopic (exact) mass is 465 g/mol. The number of carbonyl (C=O) groups is 1. The van der Waals surface area contributed by atoms with Gasteiger partial charge in [-0.2, -0.15) is 4.31 Å². The molecule has 11 heteroatoms. The number of amides is 1. The lowest BCUT2D eigenvalue weighted by Crippen LogP contribution is -2.50. The molecule has 3 fully saturated rings. The molecule has 0 bridgehead atoms. The molecule has 2 aromatic rings. The second kappa shape index (κ2) is 8.18. The van der Waals surface area contributed by atoms with Crippen LogP contribution in [0.25, 0.3) is 0 Å². The van der Waals surface area contributed by atoms with Crippen molar-refractivity contribution < 1.29 is 17.6 Å². The summed E-state index contributed by atoms with van der Waals surface area (Å²) in [5.41, 5.74) is 0. The van der Waals surface area contributed by atoms with E-state index in [0.717, 1.165) is 36.0 Å². The number of rotatable bonds is 7. The number of hydrogen-bond acceptors (Lipinski definition) is 6. The van der Waals surface area contributed by atoms with Gasteiger partial charge in [0.1, 0.15) is 11.6 Å². The van der Waals surface area contributed by atoms with Gasteiger partial charge in [-0.3, -0.25) is 4.79 Å². The van der Waals surface area contributed by atoms with Gasteiger partial charge in [-0.05, 0) is 49.9 Å². The maximum Gasteiger partial charge on any atom is 0.243 e. The van der Waals surface area contributed by atoms with E-state index in [2.05, 4.69) is 14.8 Å². The molecule has 1 aromatic heterocycles. The van der Waals surface area contributed by atoms with Crippen LogP contribution in [0.4, 0.5) is 4.39 Å². The van der Waals surface area contributed by atoms with E-state index < -0.39 is 15.8 Å². The van der Waals surface area contributed by atoms with Gasteiger partial charge < -0.3 is 9.47 Å². The number of nitrogens with zero attached hydrogens (tertiary/aromatic N) is 5. The normalized spacial score (nSPS) is 20.2. The van der Waals surface area contributed by atoms with Crippen molar-refractivity contribution in [1.29, 1.82) is 0 Å². The van der Waals surface area contributed by atoms with Crippen LogP contribution in [0.15, 0.2) is 34.3 Å². The van der Waals surface area contributed by atoms with Gasteiger partial charge in [0.05, 0.1) is 10.6 Å². The zero-order valence-electron chi connectivity index (χ0n) is 17.0. The van der Waals surface area contributed by atoms with Gasteiger partial charge in [-0.1, -0.05) is 11.8 Å². The van der Waals surface area contributed by atoms with Crippen molar-refractivity contribution in [2.75, 3.05) is 31.9 Å². The molecule has 2 heterocycles. The van der Waals surface area contributed by atoms with Gasteiger partial charge in [0.15, 0.2) is 5.16 Å². The predicted molar refractivity (Wildman–Crippen MR) is 113 cm³/mol. The summed E-state index contributed by atoms with van der Waals surface area (Å²) in [6.45, 7) is 1.12. The van der Waals surface area contributed by atoms with Gasteiger partial charge in [0.25, 0.3) is 0 Å². The molecule has 5 rings (SSSR count).